The molecule has 0 spiro atoms. The van der Waals surface area contributed by atoms with Crippen LogP contribution in [-0.4, -0.2) is 36.9 Å². The SMILES string of the molecule is CSCC[C@H](NS(=O)(=O)c1ccc2c(c1)oc(=O)n2C)C(=O)NCc1cccs1. The van der Waals surface area contributed by atoms with E-state index < -0.39 is 21.8 Å². The Bertz CT molecular complexity index is 1150. The van der Waals surface area contributed by atoms with Crippen LogP contribution in [0.15, 0.2) is 49.8 Å². The molecular formula is C18H21N3O5S3. The third kappa shape index (κ3) is 5.10. The topological polar surface area (TPSA) is 110 Å². The summed E-state index contributed by atoms with van der Waals surface area (Å²) < 4.78 is 34.6. The van der Waals surface area contributed by atoms with Crippen molar-refractivity contribution >= 4 is 50.1 Å². The minimum atomic E-state index is -3.99. The summed E-state index contributed by atoms with van der Waals surface area (Å²) in [6.45, 7) is 0.342. The fourth-order valence-electron chi connectivity index (χ4n) is 2.73. The quantitative estimate of drug-likeness (QED) is 0.510. The van der Waals surface area contributed by atoms with Crippen molar-refractivity contribution in [3.63, 3.8) is 0 Å². The van der Waals surface area contributed by atoms with Crippen LogP contribution >= 0.6 is 23.1 Å². The lowest BCUT2D eigenvalue weighted by Crippen LogP contribution is -2.46. The van der Waals surface area contributed by atoms with Crippen molar-refractivity contribution in [1.29, 1.82) is 0 Å². The molecule has 0 aliphatic heterocycles. The van der Waals surface area contributed by atoms with Crippen LogP contribution in [0.2, 0.25) is 0 Å². The molecule has 0 radical (unpaired) electrons. The van der Waals surface area contributed by atoms with E-state index in [1.807, 2.05) is 23.8 Å². The molecule has 2 N–H and O–H groups in total. The summed E-state index contributed by atoms with van der Waals surface area (Å²) in [6.07, 6.45) is 2.24. The van der Waals surface area contributed by atoms with Crippen molar-refractivity contribution in [3.05, 3.63) is 51.1 Å². The van der Waals surface area contributed by atoms with Gasteiger partial charge in [0.2, 0.25) is 15.9 Å². The van der Waals surface area contributed by atoms with E-state index in [2.05, 4.69) is 10.0 Å². The Labute approximate surface area is 176 Å². The standard InChI is InChI=1S/C18H21N3O5S3/c1-21-15-6-5-13(10-16(15)26-18(21)23)29(24,25)20-14(7-9-27-2)17(22)19-11-12-4-3-8-28-12/h3-6,8,10,14,20H,7,9,11H2,1-2H3,(H,19,22)/t14-/m0/s1. The Morgan fingerprint density at radius 3 is 2.83 bits per heavy atom. The van der Waals surface area contributed by atoms with Crippen LogP contribution in [0.25, 0.3) is 11.1 Å². The van der Waals surface area contributed by atoms with E-state index in [1.54, 1.807) is 0 Å². The number of fused-ring (bicyclic) bond motifs is 1. The molecule has 0 bridgehead atoms. The Morgan fingerprint density at radius 2 is 2.14 bits per heavy atom. The number of hydrogen-bond donors (Lipinski definition) is 2. The lowest BCUT2D eigenvalue weighted by Gasteiger charge is -2.18. The molecule has 0 saturated carbocycles. The molecule has 2 aromatic heterocycles. The number of benzene rings is 1. The molecule has 0 fully saturated rings. The highest BCUT2D eigenvalue weighted by Gasteiger charge is 2.26. The van der Waals surface area contributed by atoms with Gasteiger partial charge < -0.3 is 9.73 Å². The molecule has 156 valence electrons. The number of nitrogens with one attached hydrogen (secondary N) is 2. The molecular weight excluding hydrogens is 434 g/mol. The van der Waals surface area contributed by atoms with E-state index >= 15 is 0 Å². The second-order valence-electron chi connectivity index (χ2n) is 6.31. The minimum Gasteiger partial charge on any atom is -0.408 e. The highest BCUT2D eigenvalue weighted by molar-refractivity contribution is 7.98. The first kappa shape index (κ1) is 21.6. The molecule has 3 aromatic rings. The molecule has 3 rings (SSSR count). The number of nitrogens with zero attached hydrogens (tertiary/aromatic N) is 1. The Kier molecular flexibility index (Phi) is 6.83. The number of thiophene rings is 1. The second-order valence-corrected chi connectivity index (χ2v) is 10.0. The van der Waals surface area contributed by atoms with Crippen LogP contribution in [-0.2, 0) is 28.4 Å². The first-order valence-corrected chi connectivity index (χ1v) is 12.5. The summed E-state index contributed by atoms with van der Waals surface area (Å²) in [7, 11) is -2.45. The van der Waals surface area contributed by atoms with Crippen molar-refractivity contribution in [3.8, 4) is 0 Å². The van der Waals surface area contributed by atoms with Gasteiger partial charge in [-0.05, 0) is 42.0 Å². The number of oxazole rings is 1. The van der Waals surface area contributed by atoms with Crippen molar-refractivity contribution in [2.45, 2.75) is 23.9 Å². The number of rotatable bonds is 9. The highest BCUT2D eigenvalue weighted by atomic mass is 32.2. The normalized spacial score (nSPS) is 12.9. The Balaban J connectivity index is 1.79. The van der Waals surface area contributed by atoms with E-state index in [1.165, 1.54) is 52.9 Å². The summed E-state index contributed by atoms with van der Waals surface area (Å²) in [5.41, 5.74) is 0.657. The van der Waals surface area contributed by atoms with Gasteiger partial charge in [-0.3, -0.25) is 9.36 Å². The van der Waals surface area contributed by atoms with E-state index in [0.29, 0.717) is 24.2 Å². The van der Waals surface area contributed by atoms with Gasteiger partial charge in [-0.2, -0.15) is 16.5 Å². The Morgan fingerprint density at radius 1 is 1.34 bits per heavy atom. The van der Waals surface area contributed by atoms with Gasteiger partial charge in [-0.15, -0.1) is 11.3 Å². The number of carbonyl (C=O) groups is 1. The zero-order valence-corrected chi connectivity index (χ0v) is 18.3. The van der Waals surface area contributed by atoms with E-state index in [9.17, 15) is 18.0 Å². The molecule has 11 heteroatoms. The molecule has 0 saturated heterocycles. The van der Waals surface area contributed by atoms with Crippen LogP contribution in [0, 0.1) is 0 Å². The molecule has 0 unspecified atom stereocenters. The summed E-state index contributed by atoms with van der Waals surface area (Å²) in [5, 5.41) is 4.69. The molecule has 0 aliphatic rings. The number of thioether (sulfide) groups is 1. The minimum absolute atomic E-state index is 0.0699. The number of aromatic nitrogens is 1. The summed E-state index contributed by atoms with van der Waals surface area (Å²) in [6, 6.07) is 7.05. The fourth-order valence-corrected chi connectivity index (χ4v) is 5.09. The maximum atomic E-state index is 12.9. The zero-order chi connectivity index (χ0) is 21.0. The molecule has 1 amide bonds. The molecule has 8 nitrogen and oxygen atoms in total. The largest absolute Gasteiger partial charge is 0.419 e. The predicted molar refractivity (Wildman–Crippen MR) is 115 cm³/mol. The second kappa shape index (κ2) is 9.16. The van der Waals surface area contributed by atoms with E-state index in [4.69, 9.17) is 4.42 Å². The van der Waals surface area contributed by atoms with E-state index in [0.717, 1.165) is 4.88 Å². The molecule has 29 heavy (non-hydrogen) atoms. The molecule has 0 aliphatic carbocycles. The number of hydrogen-bond acceptors (Lipinski definition) is 7. The van der Waals surface area contributed by atoms with Gasteiger partial charge in [-0.25, -0.2) is 13.2 Å². The smallest absolute Gasteiger partial charge is 0.408 e. The average molecular weight is 456 g/mol. The number of sulfonamides is 1. The van der Waals surface area contributed by atoms with Gasteiger partial charge >= 0.3 is 5.76 Å². The third-order valence-electron chi connectivity index (χ3n) is 4.32. The third-order valence-corrected chi connectivity index (χ3v) is 7.31. The van der Waals surface area contributed by atoms with Gasteiger partial charge in [0.05, 0.1) is 17.0 Å². The number of amides is 1. The van der Waals surface area contributed by atoms with Gasteiger partial charge in [0.25, 0.3) is 0 Å². The predicted octanol–water partition coefficient (Wildman–Crippen LogP) is 1.91. The fraction of sp³-hybridized carbons (Fsp3) is 0.333. The highest BCUT2D eigenvalue weighted by Crippen LogP contribution is 2.19. The van der Waals surface area contributed by atoms with Crippen LogP contribution in [0.4, 0.5) is 0 Å². The zero-order valence-electron chi connectivity index (χ0n) is 15.9. The van der Waals surface area contributed by atoms with Crippen LogP contribution in [0.1, 0.15) is 11.3 Å². The van der Waals surface area contributed by atoms with Gasteiger partial charge in [0.15, 0.2) is 5.58 Å². The van der Waals surface area contributed by atoms with Gasteiger partial charge in [0.1, 0.15) is 6.04 Å². The monoisotopic (exact) mass is 455 g/mol. The van der Waals surface area contributed by atoms with E-state index in [-0.39, 0.29) is 16.4 Å². The summed E-state index contributed by atoms with van der Waals surface area (Å²) in [5.74, 6) is -0.344. The van der Waals surface area contributed by atoms with Crippen molar-refractivity contribution in [2.24, 2.45) is 7.05 Å². The van der Waals surface area contributed by atoms with Crippen LogP contribution in [0.3, 0.4) is 0 Å². The maximum Gasteiger partial charge on any atom is 0.419 e. The number of aryl methyl sites for hydroxylation is 1. The lowest BCUT2D eigenvalue weighted by atomic mass is 10.2. The number of carbonyl (C=O) groups excluding carboxylic acids is 1. The molecule has 2 heterocycles. The van der Waals surface area contributed by atoms with Crippen LogP contribution in [0.5, 0.6) is 0 Å². The Hall–Kier alpha value is -2.08. The summed E-state index contributed by atoms with van der Waals surface area (Å²) in [4.78, 5) is 25.1. The lowest BCUT2D eigenvalue weighted by molar-refractivity contribution is -0.122. The van der Waals surface area contributed by atoms with Crippen LogP contribution < -0.4 is 15.8 Å². The first-order chi connectivity index (χ1) is 13.8. The first-order valence-electron chi connectivity index (χ1n) is 8.73. The maximum absolute atomic E-state index is 12.9. The average Bonchev–Trinajstić information content (AvgIpc) is 3.31. The van der Waals surface area contributed by atoms with Crippen molar-refractivity contribution in [2.75, 3.05) is 12.0 Å². The van der Waals surface area contributed by atoms with Gasteiger partial charge in [-0.1, -0.05) is 6.07 Å². The van der Waals surface area contributed by atoms with Gasteiger partial charge in [0, 0.05) is 18.0 Å². The summed E-state index contributed by atoms with van der Waals surface area (Å²) >= 11 is 3.04. The molecule has 1 aromatic carbocycles. The van der Waals surface area contributed by atoms with Crippen molar-refractivity contribution < 1.29 is 17.6 Å². The van der Waals surface area contributed by atoms with Crippen molar-refractivity contribution in [1.82, 2.24) is 14.6 Å². The molecule has 1 atom stereocenters.